The summed E-state index contributed by atoms with van der Waals surface area (Å²) >= 11 is 0. The molecule has 0 aliphatic carbocycles. The van der Waals surface area contributed by atoms with E-state index in [1.165, 1.54) is 0 Å². The highest BCUT2D eigenvalue weighted by Gasteiger charge is 2.93. The SMILES string of the molecule is OCc1c(F)c(F)c(OC(F)=C(F)C(F)(F)C(F)(F)C(F)(F)C(F)(F)C(F)(F)C(F)(F)C(F)(F)F)c(F)c1CO. The molecule has 3 nitrogen and oxygen atoms in total. The Balaban J connectivity index is 3.77. The van der Waals surface area contributed by atoms with E-state index in [1.54, 1.807) is 0 Å². The summed E-state index contributed by atoms with van der Waals surface area (Å²) in [7, 11) is 0. The van der Waals surface area contributed by atoms with Gasteiger partial charge in [-0.15, -0.1) is 0 Å². The fraction of sp³-hybridized carbons (Fsp3) is 0.529. The van der Waals surface area contributed by atoms with Gasteiger partial charge in [-0.2, -0.15) is 79.0 Å². The van der Waals surface area contributed by atoms with Crippen molar-refractivity contribution in [2.45, 2.75) is 54.9 Å². The lowest BCUT2D eigenvalue weighted by Crippen LogP contribution is -2.72. The summed E-state index contributed by atoms with van der Waals surface area (Å²) in [6, 6.07) is -4.24. The molecule has 0 fully saturated rings. The van der Waals surface area contributed by atoms with E-state index in [2.05, 4.69) is 4.74 Å². The molecule has 0 radical (unpaired) electrons. The first-order valence-electron chi connectivity index (χ1n) is 9.03. The van der Waals surface area contributed by atoms with Gasteiger partial charge in [0.2, 0.25) is 17.4 Å². The van der Waals surface area contributed by atoms with Crippen LogP contribution in [0, 0.1) is 17.5 Å². The maximum absolute atomic E-state index is 14.1. The Morgan fingerprint density at radius 3 is 1.25 bits per heavy atom. The Bertz CT molecular complexity index is 1150. The van der Waals surface area contributed by atoms with Gasteiger partial charge >= 0.3 is 47.7 Å². The number of aliphatic hydroxyl groups excluding tert-OH is 2. The number of alkyl halides is 15. The van der Waals surface area contributed by atoms with E-state index in [-0.39, 0.29) is 0 Å². The lowest BCUT2D eigenvalue weighted by Gasteiger charge is -2.41. The maximum atomic E-state index is 14.1. The standard InChI is InChI=1S/C17H6F20O3/c18-5-3(1-38)4(2-39)6(19)8(7(5)20)40-10(22)9(21)11(23,24)12(25,26)13(27,28)14(29,30)15(31,32)16(33,34)17(35,36)37/h38-39H,1-2H2. The molecule has 0 aromatic heterocycles. The number of hydrogen-bond donors (Lipinski definition) is 2. The summed E-state index contributed by atoms with van der Waals surface area (Å²) < 4.78 is 269. The average molecular weight is 638 g/mol. The fourth-order valence-corrected chi connectivity index (χ4v) is 2.51. The minimum Gasteiger partial charge on any atom is -0.423 e. The van der Waals surface area contributed by atoms with Gasteiger partial charge in [-0.25, -0.2) is 8.78 Å². The Morgan fingerprint density at radius 1 is 0.525 bits per heavy atom. The molecule has 0 atom stereocenters. The van der Waals surface area contributed by atoms with Gasteiger partial charge in [0.05, 0.1) is 13.2 Å². The van der Waals surface area contributed by atoms with Crippen molar-refractivity contribution in [2.24, 2.45) is 0 Å². The molecule has 0 amide bonds. The summed E-state index contributed by atoms with van der Waals surface area (Å²) in [4.78, 5) is 0. The summed E-state index contributed by atoms with van der Waals surface area (Å²) in [5.41, 5.74) is -3.11. The second kappa shape index (κ2) is 10.3. The lowest BCUT2D eigenvalue weighted by atomic mass is 9.91. The molecule has 23 heteroatoms. The van der Waals surface area contributed by atoms with E-state index in [0.29, 0.717) is 0 Å². The number of benzene rings is 1. The number of ether oxygens (including phenoxy) is 1. The van der Waals surface area contributed by atoms with Crippen molar-refractivity contribution in [1.82, 2.24) is 0 Å². The van der Waals surface area contributed by atoms with Crippen LogP contribution in [0.4, 0.5) is 87.8 Å². The number of aliphatic hydroxyl groups is 2. The van der Waals surface area contributed by atoms with Gasteiger partial charge in [0.1, 0.15) is 0 Å². The van der Waals surface area contributed by atoms with E-state index < -0.39 is 101 Å². The molecule has 0 saturated carbocycles. The van der Waals surface area contributed by atoms with Gasteiger partial charge in [0, 0.05) is 11.1 Å². The van der Waals surface area contributed by atoms with Crippen LogP contribution in [0.2, 0.25) is 0 Å². The zero-order valence-corrected chi connectivity index (χ0v) is 17.8. The van der Waals surface area contributed by atoms with Crippen molar-refractivity contribution >= 4 is 0 Å². The third kappa shape index (κ3) is 4.76. The highest BCUT2D eigenvalue weighted by atomic mass is 19.4. The molecule has 1 aromatic rings. The van der Waals surface area contributed by atoms with Crippen molar-refractivity contribution < 1.29 is 103 Å². The second-order valence-electron chi connectivity index (χ2n) is 7.18. The van der Waals surface area contributed by atoms with Gasteiger partial charge in [0.15, 0.2) is 11.6 Å². The van der Waals surface area contributed by atoms with Crippen LogP contribution < -0.4 is 4.74 Å². The first kappa shape index (κ1) is 35.3. The molecule has 0 heterocycles. The highest BCUT2D eigenvalue weighted by Crippen LogP contribution is 2.63. The molecule has 0 saturated heterocycles. The molecule has 0 spiro atoms. The van der Waals surface area contributed by atoms with E-state index in [0.717, 1.165) is 0 Å². The van der Waals surface area contributed by atoms with E-state index in [4.69, 9.17) is 10.2 Å². The molecular formula is C17H6F20O3. The van der Waals surface area contributed by atoms with Crippen LogP contribution in [0.1, 0.15) is 11.1 Å². The number of rotatable bonds is 10. The smallest absolute Gasteiger partial charge is 0.423 e. The molecule has 1 rings (SSSR count). The van der Waals surface area contributed by atoms with Crippen LogP contribution in [-0.4, -0.2) is 51.9 Å². The molecule has 0 aliphatic rings. The van der Waals surface area contributed by atoms with E-state index in [9.17, 15) is 87.8 Å². The number of hydrogen-bond acceptors (Lipinski definition) is 3. The lowest BCUT2D eigenvalue weighted by molar-refractivity contribution is -0.451. The third-order valence-electron chi connectivity index (χ3n) is 4.77. The van der Waals surface area contributed by atoms with Crippen LogP contribution in [0.3, 0.4) is 0 Å². The second-order valence-corrected chi connectivity index (χ2v) is 7.18. The molecule has 0 aliphatic heterocycles. The summed E-state index contributed by atoms with van der Waals surface area (Å²) in [5.74, 6) is -67.1. The molecule has 232 valence electrons. The van der Waals surface area contributed by atoms with Crippen molar-refractivity contribution in [2.75, 3.05) is 0 Å². The van der Waals surface area contributed by atoms with Crippen molar-refractivity contribution in [1.29, 1.82) is 0 Å². The van der Waals surface area contributed by atoms with Crippen LogP contribution in [-0.2, 0) is 13.2 Å². The summed E-state index contributed by atoms with van der Waals surface area (Å²) in [6.45, 7) is -3.45. The third-order valence-corrected chi connectivity index (χ3v) is 4.77. The molecule has 2 N–H and O–H groups in total. The summed E-state index contributed by atoms with van der Waals surface area (Å²) in [5, 5.41) is 17.6. The maximum Gasteiger partial charge on any atom is 0.460 e. The van der Waals surface area contributed by atoms with Crippen molar-refractivity contribution in [3.8, 4) is 5.75 Å². The van der Waals surface area contributed by atoms with Crippen molar-refractivity contribution in [3.05, 3.63) is 40.4 Å². The number of halogens is 20. The Kier molecular flexibility index (Phi) is 9.07. The predicted molar refractivity (Wildman–Crippen MR) is 83.8 cm³/mol. The normalized spacial score (nSPS) is 15.3. The predicted octanol–water partition coefficient (Wildman–Crippen LogP) is 6.95. The Labute approximate surface area is 205 Å². The average Bonchev–Trinajstić information content (AvgIpc) is 2.81. The minimum absolute atomic E-state index is 1.50. The largest absolute Gasteiger partial charge is 0.460 e. The van der Waals surface area contributed by atoms with Crippen molar-refractivity contribution in [3.63, 3.8) is 0 Å². The van der Waals surface area contributed by atoms with Gasteiger partial charge in [-0.05, 0) is 0 Å². The van der Waals surface area contributed by atoms with E-state index >= 15 is 0 Å². The zero-order valence-electron chi connectivity index (χ0n) is 17.8. The Morgan fingerprint density at radius 2 is 0.875 bits per heavy atom. The molecule has 0 bridgehead atoms. The van der Waals surface area contributed by atoms with Crippen LogP contribution in [0.15, 0.2) is 11.8 Å². The molecule has 40 heavy (non-hydrogen) atoms. The minimum atomic E-state index is -8.85. The van der Waals surface area contributed by atoms with Gasteiger partial charge in [-0.3, -0.25) is 0 Å². The quantitative estimate of drug-likeness (QED) is 0.166. The van der Waals surface area contributed by atoms with Crippen LogP contribution in [0.25, 0.3) is 0 Å². The van der Waals surface area contributed by atoms with Gasteiger partial charge < -0.3 is 14.9 Å². The fourth-order valence-electron chi connectivity index (χ4n) is 2.51. The highest BCUT2D eigenvalue weighted by molar-refractivity contribution is 5.40. The zero-order chi connectivity index (χ0) is 32.2. The Hall–Kier alpha value is -2.72. The van der Waals surface area contributed by atoms with Crippen LogP contribution in [0.5, 0.6) is 5.75 Å². The van der Waals surface area contributed by atoms with Gasteiger partial charge in [-0.1, -0.05) is 0 Å². The monoisotopic (exact) mass is 638 g/mol. The topological polar surface area (TPSA) is 49.7 Å². The van der Waals surface area contributed by atoms with E-state index in [1.807, 2.05) is 0 Å². The molecule has 0 unspecified atom stereocenters. The van der Waals surface area contributed by atoms with Crippen LogP contribution >= 0.6 is 0 Å². The summed E-state index contributed by atoms with van der Waals surface area (Å²) in [6.07, 6.45) is -7.92. The molecule has 1 aromatic carbocycles. The number of allylic oxidation sites excluding steroid dienone is 1. The molecular weight excluding hydrogens is 632 g/mol. The van der Waals surface area contributed by atoms with Gasteiger partial charge in [0.25, 0.3) is 0 Å². The first-order valence-corrected chi connectivity index (χ1v) is 9.03. The first-order chi connectivity index (χ1) is 17.6.